The van der Waals surface area contributed by atoms with Gasteiger partial charge >= 0.3 is 0 Å². The van der Waals surface area contributed by atoms with Crippen LogP contribution in [0.1, 0.15) is 49.7 Å². The number of nitrogens with one attached hydrogen (secondary N) is 2. The Hall–Kier alpha value is -2.58. The number of hydrogen-bond acceptors (Lipinski definition) is 6. The minimum atomic E-state index is -0.0976. The predicted molar refractivity (Wildman–Crippen MR) is 136 cm³/mol. The van der Waals surface area contributed by atoms with Crippen molar-refractivity contribution in [2.24, 2.45) is 10.2 Å². The van der Waals surface area contributed by atoms with Crippen molar-refractivity contribution in [3.8, 4) is 0 Å². The molecular formula is C24H30N4O2S2. The van der Waals surface area contributed by atoms with E-state index in [1.54, 1.807) is 36.0 Å². The summed E-state index contributed by atoms with van der Waals surface area (Å²) in [6.45, 7) is 0. The Morgan fingerprint density at radius 1 is 0.688 bits per heavy atom. The Labute approximate surface area is 198 Å². The third-order valence-electron chi connectivity index (χ3n) is 4.60. The normalized spacial score (nSPS) is 11.2. The lowest BCUT2D eigenvalue weighted by molar-refractivity contribution is -0.122. The van der Waals surface area contributed by atoms with Gasteiger partial charge in [-0.25, -0.2) is 10.9 Å². The number of hydrogen-bond donors (Lipinski definition) is 2. The van der Waals surface area contributed by atoms with Gasteiger partial charge in [0.2, 0.25) is 11.8 Å². The number of unbranched alkanes of at least 4 members (excludes halogenated alkanes) is 3. The molecule has 2 N–H and O–H groups in total. The van der Waals surface area contributed by atoms with E-state index < -0.39 is 0 Å². The van der Waals surface area contributed by atoms with Crippen molar-refractivity contribution >= 4 is 47.8 Å². The zero-order chi connectivity index (χ0) is 23.0. The summed E-state index contributed by atoms with van der Waals surface area (Å²) >= 11 is 3.37. The van der Waals surface area contributed by atoms with Crippen molar-refractivity contribution in [2.45, 2.75) is 48.3 Å². The number of nitrogens with zero attached hydrogens (tertiary/aromatic N) is 2. The highest BCUT2D eigenvalue weighted by Crippen LogP contribution is 2.14. The lowest BCUT2D eigenvalue weighted by atomic mass is 10.1. The summed E-state index contributed by atoms with van der Waals surface area (Å²) in [6, 6.07) is 15.9. The Morgan fingerprint density at radius 2 is 1.06 bits per heavy atom. The van der Waals surface area contributed by atoms with Crippen LogP contribution in [-0.4, -0.2) is 36.8 Å². The molecule has 0 aliphatic heterocycles. The number of carbonyl (C=O) groups excluding carboxylic acids is 2. The molecule has 170 valence electrons. The molecule has 2 aromatic carbocycles. The van der Waals surface area contributed by atoms with Crippen LogP contribution in [0.4, 0.5) is 0 Å². The molecule has 0 atom stereocenters. The molecule has 2 aromatic rings. The lowest BCUT2D eigenvalue weighted by Crippen LogP contribution is -2.17. The maximum absolute atomic E-state index is 11.8. The maximum atomic E-state index is 11.8. The Balaban J connectivity index is 1.50. The van der Waals surface area contributed by atoms with Crippen molar-refractivity contribution in [1.82, 2.24) is 10.9 Å². The summed E-state index contributed by atoms with van der Waals surface area (Å²) in [7, 11) is 0. The van der Waals surface area contributed by atoms with Gasteiger partial charge in [-0.15, -0.1) is 23.5 Å². The van der Waals surface area contributed by atoms with Crippen molar-refractivity contribution in [1.29, 1.82) is 0 Å². The summed E-state index contributed by atoms with van der Waals surface area (Å²) < 4.78 is 0. The molecule has 8 heteroatoms. The van der Waals surface area contributed by atoms with Crippen molar-refractivity contribution in [3.63, 3.8) is 0 Å². The number of hydrazone groups is 2. The number of rotatable bonds is 13. The van der Waals surface area contributed by atoms with Crippen molar-refractivity contribution in [3.05, 3.63) is 59.7 Å². The van der Waals surface area contributed by atoms with Gasteiger partial charge < -0.3 is 0 Å². The number of amides is 2. The van der Waals surface area contributed by atoms with Crippen LogP contribution in [0.3, 0.4) is 0 Å². The molecule has 0 saturated heterocycles. The molecule has 2 amide bonds. The number of thioether (sulfide) groups is 2. The van der Waals surface area contributed by atoms with Crippen LogP contribution in [0.15, 0.2) is 68.5 Å². The second-order valence-electron chi connectivity index (χ2n) is 7.05. The molecule has 0 aromatic heterocycles. The molecule has 0 aliphatic carbocycles. The van der Waals surface area contributed by atoms with Crippen LogP contribution in [-0.2, 0) is 9.59 Å². The first-order valence-electron chi connectivity index (χ1n) is 10.5. The number of carbonyl (C=O) groups is 2. The largest absolute Gasteiger partial charge is 0.273 e. The molecule has 0 radical (unpaired) electrons. The molecule has 0 bridgehead atoms. The maximum Gasteiger partial charge on any atom is 0.240 e. The highest BCUT2D eigenvalue weighted by atomic mass is 32.2. The average Bonchev–Trinajstić information content (AvgIpc) is 2.82. The standard InChI is InChI=1S/C24H30N4O2S2/c1-31-21-13-9-19(10-14-21)17-25-27-23(29)7-5-3-4-6-8-24(30)28-26-18-20-11-15-22(32-2)16-12-20/h9-18H,3-8H2,1-2H3,(H,27,29)(H,28,30). The van der Waals surface area contributed by atoms with Gasteiger partial charge in [-0.2, -0.15) is 10.2 Å². The van der Waals surface area contributed by atoms with Gasteiger partial charge in [-0.1, -0.05) is 37.1 Å². The molecule has 6 nitrogen and oxygen atoms in total. The minimum absolute atomic E-state index is 0.0976. The van der Waals surface area contributed by atoms with E-state index >= 15 is 0 Å². The van der Waals surface area contributed by atoms with E-state index in [0.29, 0.717) is 12.8 Å². The second kappa shape index (κ2) is 15.3. The molecule has 0 spiro atoms. The van der Waals surface area contributed by atoms with Crippen LogP contribution in [0.5, 0.6) is 0 Å². The number of benzene rings is 2. The smallest absolute Gasteiger partial charge is 0.240 e. The van der Waals surface area contributed by atoms with Crippen LogP contribution < -0.4 is 10.9 Å². The van der Waals surface area contributed by atoms with E-state index in [0.717, 1.165) is 36.8 Å². The lowest BCUT2D eigenvalue weighted by Gasteiger charge is -2.02. The third kappa shape index (κ3) is 10.6. The fourth-order valence-corrected chi connectivity index (χ4v) is 3.59. The van der Waals surface area contributed by atoms with E-state index in [1.165, 1.54) is 9.79 Å². The fraction of sp³-hybridized carbons (Fsp3) is 0.333. The fourth-order valence-electron chi connectivity index (χ4n) is 2.77. The summed E-state index contributed by atoms with van der Waals surface area (Å²) in [4.78, 5) is 26.0. The van der Waals surface area contributed by atoms with Crippen LogP contribution in [0, 0.1) is 0 Å². The second-order valence-corrected chi connectivity index (χ2v) is 8.81. The zero-order valence-electron chi connectivity index (χ0n) is 18.5. The summed E-state index contributed by atoms with van der Waals surface area (Å²) in [5, 5.41) is 7.99. The van der Waals surface area contributed by atoms with Gasteiger partial charge in [-0.3, -0.25) is 9.59 Å². The molecule has 32 heavy (non-hydrogen) atoms. The van der Waals surface area contributed by atoms with E-state index in [2.05, 4.69) is 21.1 Å². The first kappa shape index (κ1) is 25.7. The van der Waals surface area contributed by atoms with Gasteiger partial charge in [0.1, 0.15) is 0 Å². The van der Waals surface area contributed by atoms with Gasteiger partial charge in [0.25, 0.3) is 0 Å². The highest BCUT2D eigenvalue weighted by molar-refractivity contribution is 7.98. The summed E-state index contributed by atoms with van der Waals surface area (Å²) in [5.41, 5.74) is 7.00. The third-order valence-corrected chi connectivity index (χ3v) is 6.08. The topological polar surface area (TPSA) is 82.9 Å². The molecule has 2 rings (SSSR count). The van der Waals surface area contributed by atoms with Crippen molar-refractivity contribution in [2.75, 3.05) is 12.5 Å². The molecule has 0 saturated carbocycles. The Morgan fingerprint density at radius 3 is 1.41 bits per heavy atom. The quantitative estimate of drug-likeness (QED) is 0.185. The van der Waals surface area contributed by atoms with Crippen LogP contribution >= 0.6 is 23.5 Å². The zero-order valence-corrected chi connectivity index (χ0v) is 20.2. The van der Waals surface area contributed by atoms with E-state index in [4.69, 9.17) is 0 Å². The first-order chi connectivity index (χ1) is 15.6. The Kier molecular flexibility index (Phi) is 12.2. The monoisotopic (exact) mass is 470 g/mol. The van der Waals surface area contributed by atoms with Crippen LogP contribution in [0.25, 0.3) is 0 Å². The van der Waals surface area contributed by atoms with E-state index in [-0.39, 0.29) is 11.8 Å². The minimum Gasteiger partial charge on any atom is -0.273 e. The van der Waals surface area contributed by atoms with Gasteiger partial charge in [-0.05, 0) is 60.7 Å². The molecule has 0 aliphatic rings. The van der Waals surface area contributed by atoms with Gasteiger partial charge in [0, 0.05) is 22.6 Å². The average molecular weight is 471 g/mol. The van der Waals surface area contributed by atoms with Crippen molar-refractivity contribution < 1.29 is 9.59 Å². The summed E-state index contributed by atoms with van der Waals surface area (Å²) in [6.07, 6.45) is 11.5. The van der Waals surface area contributed by atoms with E-state index in [1.807, 2.05) is 61.0 Å². The molecule has 0 heterocycles. The highest BCUT2D eigenvalue weighted by Gasteiger charge is 2.02. The SMILES string of the molecule is CSc1ccc(C=NNC(=O)CCCCCCC(=O)NN=Cc2ccc(SC)cc2)cc1. The van der Waals surface area contributed by atoms with E-state index in [9.17, 15) is 9.59 Å². The summed E-state index contributed by atoms with van der Waals surface area (Å²) in [5.74, 6) is -0.195. The molecule has 0 fully saturated rings. The van der Waals surface area contributed by atoms with Gasteiger partial charge in [0.15, 0.2) is 0 Å². The molecular weight excluding hydrogens is 440 g/mol. The molecule has 0 unspecified atom stereocenters. The predicted octanol–water partition coefficient (Wildman–Crippen LogP) is 5.07. The first-order valence-corrected chi connectivity index (χ1v) is 13.0. The Bertz CT molecular complexity index is 822. The van der Waals surface area contributed by atoms with Gasteiger partial charge in [0.05, 0.1) is 12.4 Å². The van der Waals surface area contributed by atoms with Crippen LogP contribution in [0.2, 0.25) is 0 Å².